The van der Waals surface area contributed by atoms with Gasteiger partial charge in [-0.1, -0.05) is 0 Å². The maximum absolute atomic E-state index is 14.4. The van der Waals surface area contributed by atoms with E-state index in [-0.39, 0.29) is 18.4 Å². The van der Waals surface area contributed by atoms with Crippen LogP contribution < -0.4 is 0 Å². The second kappa shape index (κ2) is 2.47. The van der Waals surface area contributed by atoms with Crippen LogP contribution in [0, 0.1) is 23.7 Å². The number of aliphatic hydroxyl groups is 1. The third-order valence-corrected chi connectivity index (χ3v) is 4.74. The molecular weight excluding hydrogens is 167 g/mol. The minimum Gasteiger partial charge on any atom is -0.393 e. The molecule has 1 nitrogen and oxygen atoms in total. The van der Waals surface area contributed by atoms with Crippen LogP contribution >= 0.6 is 0 Å². The third-order valence-electron chi connectivity index (χ3n) is 4.74. The normalized spacial score (nSPS) is 58.6. The Bertz CT molecular complexity index is 198. The topological polar surface area (TPSA) is 20.2 Å². The molecule has 4 aliphatic rings. The Morgan fingerprint density at radius 3 is 1.85 bits per heavy atom. The standard InChI is InChI=1S/C11H17FO/c12-11(6-13)9-2-7-1-8(4-9)5-10(11)3-7/h7-10,13H,1-6H2. The summed E-state index contributed by atoms with van der Waals surface area (Å²) in [6.07, 6.45) is 5.52. The molecule has 0 heterocycles. The first kappa shape index (κ1) is 8.22. The molecule has 0 spiro atoms. The van der Waals surface area contributed by atoms with Crippen LogP contribution in [-0.2, 0) is 0 Å². The van der Waals surface area contributed by atoms with E-state index in [0.717, 1.165) is 37.5 Å². The van der Waals surface area contributed by atoms with Gasteiger partial charge < -0.3 is 5.11 Å². The summed E-state index contributed by atoms with van der Waals surface area (Å²) in [7, 11) is 0. The van der Waals surface area contributed by atoms with E-state index in [2.05, 4.69) is 0 Å². The van der Waals surface area contributed by atoms with Gasteiger partial charge in [0.25, 0.3) is 0 Å². The van der Waals surface area contributed by atoms with Crippen LogP contribution in [0.3, 0.4) is 0 Å². The first-order valence-electron chi connectivity index (χ1n) is 5.52. The quantitative estimate of drug-likeness (QED) is 0.662. The van der Waals surface area contributed by atoms with Crippen molar-refractivity contribution in [2.75, 3.05) is 6.61 Å². The molecule has 0 aliphatic heterocycles. The van der Waals surface area contributed by atoms with E-state index in [1.165, 1.54) is 6.42 Å². The van der Waals surface area contributed by atoms with Crippen molar-refractivity contribution >= 4 is 0 Å². The largest absolute Gasteiger partial charge is 0.393 e. The van der Waals surface area contributed by atoms with Crippen LogP contribution in [0.25, 0.3) is 0 Å². The predicted octanol–water partition coefficient (Wildman–Crippen LogP) is 2.14. The minimum atomic E-state index is -1.20. The second-order valence-electron chi connectivity index (χ2n) is 5.39. The number of rotatable bonds is 1. The zero-order valence-electron chi connectivity index (χ0n) is 7.88. The molecule has 0 atom stereocenters. The highest BCUT2D eigenvalue weighted by Gasteiger charge is 2.57. The molecule has 13 heavy (non-hydrogen) atoms. The maximum atomic E-state index is 14.4. The van der Waals surface area contributed by atoms with Gasteiger partial charge in [-0.05, 0) is 55.8 Å². The van der Waals surface area contributed by atoms with Crippen molar-refractivity contribution in [3.8, 4) is 0 Å². The van der Waals surface area contributed by atoms with Gasteiger partial charge in [-0.25, -0.2) is 4.39 Å². The van der Waals surface area contributed by atoms with E-state index in [9.17, 15) is 9.50 Å². The molecule has 4 rings (SSSR count). The molecule has 4 aliphatic carbocycles. The Morgan fingerprint density at radius 1 is 1.00 bits per heavy atom. The van der Waals surface area contributed by atoms with Gasteiger partial charge in [0.05, 0.1) is 6.61 Å². The SMILES string of the molecule is OCC1(F)C2CC3CC(C2)CC1C3. The average Bonchev–Trinajstić information content (AvgIpc) is 2.13. The molecule has 0 aromatic heterocycles. The molecular formula is C11H17FO. The van der Waals surface area contributed by atoms with Gasteiger partial charge in [-0.2, -0.15) is 0 Å². The smallest absolute Gasteiger partial charge is 0.139 e. The van der Waals surface area contributed by atoms with Gasteiger partial charge in [-0.15, -0.1) is 0 Å². The van der Waals surface area contributed by atoms with Gasteiger partial charge in [0.1, 0.15) is 5.67 Å². The summed E-state index contributed by atoms with van der Waals surface area (Å²) in [5, 5.41) is 9.18. The summed E-state index contributed by atoms with van der Waals surface area (Å²) >= 11 is 0. The highest BCUT2D eigenvalue weighted by Crippen LogP contribution is 2.59. The van der Waals surface area contributed by atoms with E-state index in [1.807, 2.05) is 0 Å². The van der Waals surface area contributed by atoms with Crippen LogP contribution in [0.15, 0.2) is 0 Å². The van der Waals surface area contributed by atoms with Crippen molar-refractivity contribution < 1.29 is 9.50 Å². The van der Waals surface area contributed by atoms with E-state index < -0.39 is 5.67 Å². The van der Waals surface area contributed by atoms with Gasteiger partial charge in [0.2, 0.25) is 0 Å². The zero-order valence-corrected chi connectivity index (χ0v) is 7.88. The molecule has 1 N–H and O–H groups in total. The number of alkyl halides is 1. The fourth-order valence-corrected chi connectivity index (χ4v) is 4.23. The highest BCUT2D eigenvalue weighted by molar-refractivity contribution is 5.06. The van der Waals surface area contributed by atoms with Crippen molar-refractivity contribution in [2.24, 2.45) is 23.7 Å². The summed E-state index contributed by atoms with van der Waals surface area (Å²) in [5.74, 6) is 1.96. The summed E-state index contributed by atoms with van der Waals surface area (Å²) in [5.41, 5.74) is -1.20. The van der Waals surface area contributed by atoms with Crippen molar-refractivity contribution in [3.63, 3.8) is 0 Å². The van der Waals surface area contributed by atoms with Crippen LogP contribution in [0.5, 0.6) is 0 Å². The van der Waals surface area contributed by atoms with Gasteiger partial charge in [-0.3, -0.25) is 0 Å². The lowest BCUT2D eigenvalue weighted by Gasteiger charge is -2.57. The molecule has 2 heteroatoms. The minimum absolute atomic E-state index is 0.189. The molecule has 4 bridgehead atoms. The first-order chi connectivity index (χ1) is 6.22. The molecule has 0 unspecified atom stereocenters. The molecule has 0 aromatic rings. The van der Waals surface area contributed by atoms with Gasteiger partial charge >= 0.3 is 0 Å². The van der Waals surface area contributed by atoms with Crippen LogP contribution in [0.1, 0.15) is 32.1 Å². The lowest BCUT2D eigenvalue weighted by atomic mass is 9.51. The molecule has 4 fully saturated rings. The van der Waals surface area contributed by atoms with Crippen LogP contribution in [0.2, 0.25) is 0 Å². The van der Waals surface area contributed by atoms with Gasteiger partial charge in [0, 0.05) is 0 Å². The second-order valence-corrected chi connectivity index (χ2v) is 5.39. The number of halogens is 1. The van der Waals surface area contributed by atoms with E-state index >= 15 is 0 Å². The number of hydrogen-bond acceptors (Lipinski definition) is 1. The Balaban J connectivity index is 1.93. The lowest BCUT2D eigenvalue weighted by molar-refractivity contribution is -0.146. The molecule has 0 saturated heterocycles. The summed E-state index contributed by atoms with van der Waals surface area (Å²) in [6.45, 7) is -0.234. The Hall–Kier alpha value is -0.110. The maximum Gasteiger partial charge on any atom is 0.139 e. The van der Waals surface area contributed by atoms with Crippen LogP contribution in [0.4, 0.5) is 4.39 Å². The van der Waals surface area contributed by atoms with Crippen molar-refractivity contribution in [1.82, 2.24) is 0 Å². The van der Waals surface area contributed by atoms with Crippen molar-refractivity contribution in [3.05, 3.63) is 0 Å². The molecule has 0 amide bonds. The Morgan fingerprint density at radius 2 is 1.46 bits per heavy atom. The average molecular weight is 184 g/mol. The Labute approximate surface area is 78.3 Å². The lowest BCUT2D eigenvalue weighted by Crippen LogP contribution is -2.56. The van der Waals surface area contributed by atoms with E-state index in [0.29, 0.717) is 0 Å². The summed E-state index contributed by atoms with van der Waals surface area (Å²) in [4.78, 5) is 0. The molecule has 74 valence electrons. The molecule has 0 radical (unpaired) electrons. The van der Waals surface area contributed by atoms with E-state index in [1.54, 1.807) is 0 Å². The zero-order chi connectivity index (χ0) is 9.05. The van der Waals surface area contributed by atoms with Crippen LogP contribution in [-0.4, -0.2) is 17.4 Å². The summed E-state index contributed by atoms with van der Waals surface area (Å²) < 4.78 is 14.4. The molecule has 4 saturated carbocycles. The fourth-order valence-electron chi connectivity index (χ4n) is 4.23. The van der Waals surface area contributed by atoms with Crippen molar-refractivity contribution in [1.29, 1.82) is 0 Å². The number of hydrogen-bond donors (Lipinski definition) is 1. The predicted molar refractivity (Wildman–Crippen MR) is 48.0 cm³/mol. The first-order valence-corrected chi connectivity index (χ1v) is 5.52. The Kier molecular flexibility index (Phi) is 1.56. The number of aliphatic hydroxyl groups excluding tert-OH is 1. The molecule has 0 aromatic carbocycles. The van der Waals surface area contributed by atoms with Crippen molar-refractivity contribution in [2.45, 2.75) is 37.8 Å². The van der Waals surface area contributed by atoms with E-state index in [4.69, 9.17) is 0 Å². The summed E-state index contributed by atoms with van der Waals surface area (Å²) in [6, 6.07) is 0. The highest BCUT2D eigenvalue weighted by atomic mass is 19.1. The van der Waals surface area contributed by atoms with Gasteiger partial charge in [0.15, 0.2) is 0 Å². The fraction of sp³-hybridized carbons (Fsp3) is 1.00. The monoisotopic (exact) mass is 184 g/mol. The third kappa shape index (κ3) is 0.955.